The SMILES string of the molecule is CC.CC.CC.CCOCCOCCOCCOCCOCCOCCOCCN(N)/C=C(\N)CO. The van der Waals surface area contributed by atoms with Crippen LogP contribution in [0.4, 0.5) is 0 Å². The zero-order valence-corrected chi connectivity index (χ0v) is 24.3. The standard InChI is InChI=1S/C19H41N3O8.3C2H6/c1-2-24-5-6-26-9-10-28-13-14-30-16-15-29-12-11-27-8-7-25-4-3-22(21)17-19(20)18-23;3*1-2/h17,23H,2-16,18,20-21H2,1H3;3*1-2H3/b19-17-;;;. The molecule has 36 heavy (non-hydrogen) atoms. The molecule has 11 heteroatoms. The Morgan fingerprint density at radius 3 is 1.14 bits per heavy atom. The van der Waals surface area contributed by atoms with Crippen molar-refractivity contribution in [3.63, 3.8) is 0 Å². The molecule has 0 rings (SSSR count). The molecule has 0 aromatic carbocycles. The molecule has 0 fully saturated rings. The Morgan fingerprint density at radius 1 is 0.583 bits per heavy atom. The first-order valence-electron chi connectivity index (χ1n) is 13.3. The number of hydrogen-bond acceptors (Lipinski definition) is 11. The van der Waals surface area contributed by atoms with Gasteiger partial charge in [0.25, 0.3) is 0 Å². The van der Waals surface area contributed by atoms with E-state index >= 15 is 0 Å². The van der Waals surface area contributed by atoms with Crippen LogP contribution >= 0.6 is 0 Å². The summed E-state index contributed by atoms with van der Waals surface area (Å²) in [5, 5.41) is 10.1. The number of nitrogens with two attached hydrogens (primary N) is 2. The first-order valence-corrected chi connectivity index (χ1v) is 13.3. The van der Waals surface area contributed by atoms with E-state index in [2.05, 4.69) is 0 Å². The third-order valence-electron chi connectivity index (χ3n) is 3.44. The molecule has 0 unspecified atom stereocenters. The van der Waals surface area contributed by atoms with Crippen molar-refractivity contribution in [3.8, 4) is 0 Å². The van der Waals surface area contributed by atoms with E-state index < -0.39 is 0 Å². The summed E-state index contributed by atoms with van der Waals surface area (Å²) in [5.74, 6) is 5.65. The summed E-state index contributed by atoms with van der Waals surface area (Å²) in [4.78, 5) is 0. The highest BCUT2D eigenvalue weighted by Crippen LogP contribution is 1.88. The molecule has 0 aliphatic carbocycles. The second kappa shape index (κ2) is 44.0. The summed E-state index contributed by atoms with van der Waals surface area (Å²) in [6.07, 6.45) is 1.47. The molecule has 0 radical (unpaired) electrons. The topological polar surface area (TPSA) is 140 Å². The minimum atomic E-state index is -0.225. The molecule has 0 saturated carbocycles. The van der Waals surface area contributed by atoms with Crippen molar-refractivity contribution in [2.75, 3.05) is 106 Å². The number of hydrazine groups is 1. The number of nitrogens with zero attached hydrogens (tertiary/aromatic N) is 1. The van der Waals surface area contributed by atoms with Crippen molar-refractivity contribution in [2.24, 2.45) is 11.6 Å². The highest BCUT2D eigenvalue weighted by Gasteiger charge is 1.97. The molecule has 0 heterocycles. The first kappa shape index (κ1) is 42.1. The van der Waals surface area contributed by atoms with Gasteiger partial charge in [-0.15, -0.1) is 0 Å². The van der Waals surface area contributed by atoms with Crippen molar-refractivity contribution in [3.05, 3.63) is 11.9 Å². The molecule has 222 valence electrons. The van der Waals surface area contributed by atoms with Gasteiger partial charge in [-0.25, -0.2) is 5.84 Å². The van der Waals surface area contributed by atoms with E-state index in [9.17, 15) is 0 Å². The number of rotatable bonds is 24. The van der Waals surface area contributed by atoms with E-state index in [4.69, 9.17) is 49.8 Å². The van der Waals surface area contributed by atoms with Gasteiger partial charge < -0.3 is 49.0 Å². The molecule has 0 aromatic heterocycles. The first-order chi connectivity index (χ1) is 17.7. The molecule has 11 nitrogen and oxygen atoms in total. The second-order valence-electron chi connectivity index (χ2n) is 5.97. The molecule has 0 aliphatic rings. The largest absolute Gasteiger partial charge is 0.399 e. The third kappa shape index (κ3) is 43.1. The lowest BCUT2D eigenvalue weighted by atomic mass is 10.5. The van der Waals surface area contributed by atoms with E-state index in [1.54, 1.807) is 0 Å². The van der Waals surface area contributed by atoms with Crippen LogP contribution in [0.3, 0.4) is 0 Å². The molecule has 0 spiro atoms. The lowest BCUT2D eigenvalue weighted by Crippen LogP contribution is -2.30. The third-order valence-corrected chi connectivity index (χ3v) is 3.44. The maximum absolute atomic E-state index is 8.78. The van der Waals surface area contributed by atoms with Crippen LogP contribution in [0.25, 0.3) is 0 Å². The van der Waals surface area contributed by atoms with Crippen LogP contribution in [-0.4, -0.2) is 116 Å². The van der Waals surface area contributed by atoms with Crippen molar-refractivity contribution in [2.45, 2.75) is 48.5 Å². The predicted octanol–water partition coefficient (Wildman–Crippen LogP) is 2.17. The molecule has 0 aliphatic heterocycles. The quantitative estimate of drug-likeness (QED) is 0.0962. The van der Waals surface area contributed by atoms with Crippen LogP contribution in [0.15, 0.2) is 11.9 Å². The van der Waals surface area contributed by atoms with Crippen molar-refractivity contribution >= 4 is 0 Å². The second-order valence-corrected chi connectivity index (χ2v) is 5.97. The summed E-state index contributed by atoms with van der Waals surface area (Å²) >= 11 is 0. The van der Waals surface area contributed by atoms with Gasteiger partial charge in [0.05, 0.1) is 105 Å². The Hall–Kier alpha value is -1.02. The van der Waals surface area contributed by atoms with Crippen molar-refractivity contribution in [1.29, 1.82) is 0 Å². The van der Waals surface area contributed by atoms with E-state index in [-0.39, 0.29) is 6.61 Å². The van der Waals surface area contributed by atoms with Gasteiger partial charge in [-0.3, -0.25) is 0 Å². The lowest BCUT2D eigenvalue weighted by Gasteiger charge is -2.14. The van der Waals surface area contributed by atoms with E-state index in [1.165, 1.54) is 11.2 Å². The Kier molecular flexibility index (Phi) is 51.4. The van der Waals surface area contributed by atoms with Gasteiger partial charge in [0.15, 0.2) is 0 Å². The number of aliphatic hydroxyl groups is 1. The number of hydrogen-bond donors (Lipinski definition) is 3. The van der Waals surface area contributed by atoms with E-state index in [0.29, 0.717) is 105 Å². The fourth-order valence-electron chi connectivity index (χ4n) is 1.95. The van der Waals surface area contributed by atoms with Crippen LogP contribution in [-0.2, 0) is 33.2 Å². The zero-order chi connectivity index (χ0) is 28.1. The summed E-state index contributed by atoms with van der Waals surface area (Å²) < 4.78 is 37.5. The monoisotopic (exact) mass is 529 g/mol. The Morgan fingerprint density at radius 2 is 0.861 bits per heavy atom. The average molecular weight is 530 g/mol. The molecular weight excluding hydrogens is 470 g/mol. The van der Waals surface area contributed by atoms with Crippen LogP contribution < -0.4 is 11.6 Å². The Labute approximate surface area is 221 Å². The molecule has 0 bridgehead atoms. The fourth-order valence-corrected chi connectivity index (χ4v) is 1.95. The number of aliphatic hydroxyl groups excluding tert-OH is 1. The summed E-state index contributed by atoms with van der Waals surface area (Å²) in [6.45, 7) is 21.7. The summed E-state index contributed by atoms with van der Waals surface area (Å²) in [5.41, 5.74) is 5.75. The van der Waals surface area contributed by atoms with Gasteiger partial charge in [0.2, 0.25) is 0 Å². The Bertz CT molecular complexity index is 381. The van der Waals surface area contributed by atoms with Gasteiger partial charge in [-0.2, -0.15) is 0 Å². The minimum Gasteiger partial charge on any atom is -0.399 e. The molecule has 0 amide bonds. The van der Waals surface area contributed by atoms with Crippen molar-refractivity contribution < 1.29 is 38.3 Å². The lowest BCUT2D eigenvalue weighted by molar-refractivity contribution is -0.0204. The maximum Gasteiger partial charge on any atom is 0.0840 e. The van der Waals surface area contributed by atoms with Crippen molar-refractivity contribution in [1.82, 2.24) is 5.01 Å². The van der Waals surface area contributed by atoms with E-state index in [1.807, 2.05) is 48.5 Å². The van der Waals surface area contributed by atoms with Gasteiger partial charge >= 0.3 is 0 Å². The van der Waals surface area contributed by atoms with Crippen LogP contribution in [0, 0.1) is 0 Å². The van der Waals surface area contributed by atoms with Gasteiger partial charge in [0.1, 0.15) is 0 Å². The zero-order valence-electron chi connectivity index (χ0n) is 24.3. The molecule has 0 saturated heterocycles. The summed E-state index contributed by atoms with van der Waals surface area (Å²) in [6, 6.07) is 0. The van der Waals surface area contributed by atoms with Crippen LogP contribution in [0.1, 0.15) is 48.5 Å². The molecular formula is C25H59N3O8. The highest BCUT2D eigenvalue weighted by atomic mass is 16.6. The minimum absolute atomic E-state index is 0.225. The molecule has 0 atom stereocenters. The fraction of sp³-hybridized carbons (Fsp3) is 0.920. The number of ether oxygens (including phenoxy) is 7. The smallest absolute Gasteiger partial charge is 0.0840 e. The normalized spacial score (nSPS) is 10.4. The van der Waals surface area contributed by atoms with Gasteiger partial charge in [0, 0.05) is 12.8 Å². The molecule has 5 N–H and O–H groups in total. The maximum atomic E-state index is 8.78. The van der Waals surface area contributed by atoms with Crippen LogP contribution in [0.2, 0.25) is 0 Å². The highest BCUT2D eigenvalue weighted by molar-refractivity contribution is 4.94. The average Bonchev–Trinajstić information content (AvgIpc) is 2.92. The van der Waals surface area contributed by atoms with Gasteiger partial charge in [-0.05, 0) is 6.92 Å². The van der Waals surface area contributed by atoms with Crippen LogP contribution in [0.5, 0.6) is 0 Å². The van der Waals surface area contributed by atoms with E-state index in [0.717, 1.165) is 0 Å². The summed E-state index contributed by atoms with van der Waals surface area (Å²) in [7, 11) is 0. The molecule has 0 aromatic rings. The predicted molar refractivity (Wildman–Crippen MR) is 146 cm³/mol. The van der Waals surface area contributed by atoms with Gasteiger partial charge in [-0.1, -0.05) is 41.5 Å². The Balaban J connectivity index is -0.000000787.